The van der Waals surface area contributed by atoms with Gasteiger partial charge in [-0.2, -0.15) is 9.98 Å². The van der Waals surface area contributed by atoms with Crippen molar-refractivity contribution in [3.8, 4) is 6.07 Å². The van der Waals surface area contributed by atoms with Crippen molar-refractivity contribution in [1.29, 1.82) is 10.7 Å². The zero-order chi connectivity index (χ0) is 21.6. The monoisotopic (exact) mass is 407 g/mol. The first-order chi connectivity index (χ1) is 12.9. The van der Waals surface area contributed by atoms with E-state index >= 15 is 0 Å². The number of aryl methyl sites for hydroxylation is 2. The number of nitrogens with zero attached hydrogens (tertiary/aromatic N) is 1. The van der Waals surface area contributed by atoms with Crippen molar-refractivity contribution >= 4 is 27.5 Å². The number of Topliss-reactive ketones (excluding diaryl/α,β-unsaturated/α-hetero) is 1. The van der Waals surface area contributed by atoms with Gasteiger partial charge in [-0.25, -0.2) is 8.42 Å². The average Bonchev–Trinajstić information content (AvgIpc) is 2.59. The van der Waals surface area contributed by atoms with Crippen molar-refractivity contribution in [1.82, 2.24) is 4.72 Å². The first kappa shape index (κ1) is 23.5. The molecule has 0 aliphatic rings. The van der Waals surface area contributed by atoms with Crippen LogP contribution >= 0.6 is 0 Å². The van der Waals surface area contributed by atoms with E-state index in [4.69, 9.17) is 15.4 Å². The SMILES string of the molecule is CC(=N)[C@@H](C#N)C(=O)COC(=O)[C@@H](NS(=O)(=O)c1ccc(C)c(C)c1)C(C)C. The van der Waals surface area contributed by atoms with Gasteiger partial charge in [-0.15, -0.1) is 0 Å². The standard InChI is InChI=1S/C19H25N3O5S/c1-11(2)18(19(24)27-10-17(23)16(9-20)14(5)21)22-28(25,26)15-7-6-12(3)13(4)8-15/h6-8,11,16,18,21-22H,10H2,1-5H3/t16-,18+/m1/s1. The Bertz CT molecular complexity index is 916. The molecule has 0 bridgehead atoms. The van der Waals surface area contributed by atoms with Gasteiger partial charge in [0, 0.05) is 5.71 Å². The Kier molecular flexibility index (Phi) is 8.02. The van der Waals surface area contributed by atoms with E-state index in [-0.39, 0.29) is 10.6 Å². The normalized spacial score (nSPS) is 13.5. The molecule has 1 aromatic rings. The van der Waals surface area contributed by atoms with E-state index in [2.05, 4.69) is 4.72 Å². The minimum atomic E-state index is -3.98. The van der Waals surface area contributed by atoms with Gasteiger partial charge in [-0.3, -0.25) is 9.59 Å². The van der Waals surface area contributed by atoms with Gasteiger partial charge in [0.1, 0.15) is 12.0 Å². The number of esters is 1. The lowest BCUT2D eigenvalue weighted by Crippen LogP contribution is -2.45. The molecular formula is C19H25N3O5S. The number of nitriles is 1. The number of ketones is 1. The highest BCUT2D eigenvalue weighted by molar-refractivity contribution is 7.89. The van der Waals surface area contributed by atoms with Crippen LogP contribution in [-0.2, 0) is 24.3 Å². The van der Waals surface area contributed by atoms with Crippen molar-refractivity contribution in [2.45, 2.75) is 45.6 Å². The number of carbonyl (C=O) groups excluding carboxylic acids is 2. The van der Waals surface area contributed by atoms with E-state index < -0.39 is 46.3 Å². The van der Waals surface area contributed by atoms with Gasteiger partial charge < -0.3 is 10.1 Å². The van der Waals surface area contributed by atoms with E-state index in [0.29, 0.717) is 0 Å². The third kappa shape index (κ3) is 5.97. The van der Waals surface area contributed by atoms with Crippen LogP contribution < -0.4 is 4.72 Å². The Labute approximate surface area is 165 Å². The van der Waals surface area contributed by atoms with Crippen molar-refractivity contribution < 1.29 is 22.7 Å². The Morgan fingerprint density at radius 3 is 2.32 bits per heavy atom. The van der Waals surface area contributed by atoms with Crippen LogP contribution in [0, 0.1) is 42.4 Å². The summed E-state index contributed by atoms with van der Waals surface area (Å²) in [5.74, 6) is -3.39. The Morgan fingerprint density at radius 2 is 1.86 bits per heavy atom. The number of nitrogens with one attached hydrogen (secondary N) is 2. The molecule has 0 saturated carbocycles. The number of carbonyl (C=O) groups is 2. The Balaban J connectivity index is 2.94. The summed E-state index contributed by atoms with van der Waals surface area (Å²) < 4.78 is 32.5. The largest absolute Gasteiger partial charge is 0.456 e. The summed E-state index contributed by atoms with van der Waals surface area (Å²) in [5, 5.41) is 16.3. The minimum absolute atomic E-state index is 0.0223. The fourth-order valence-electron chi connectivity index (χ4n) is 2.30. The molecule has 0 aliphatic carbocycles. The van der Waals surface area contributed by atoms with E-state index in [1.165, 1.54) is 19.1 Å². The third-order valence-corrected chi connectivity index (χ3v) is 5.67. The van der Waals surface area contributed by atoms with E-state index in [9.17, 15) is 18.0 Å². The van der Waals surface area contributed by atoms with E-state index in [0.717, 1.165) is 11.1 Å². The first-order valence-corrected chi connectivity index (χ1v) is 10.1. The van der Waals surface area contributed by atoms with Crippen LogP contribution in [0.15, 0.2) is 23.1 Å². The Morgan fingerprint density at radius 1 is 1.25 bits per heavy atom. The number of hydrogen-bond acceptors (Lipinski definition) is 7. The molecule has 0 amide bonds. The van der Waals surface area contributed by atoms with Crippen LogP contribution in [0.2, 0.25) is 0 Å². The topological polar surface area (TPSA) is 137 Å². The Hall–Kier alpha value is -2.57. The maximum Gasteiger partial charge on any atom is 0.324 e. The van der Waals surface area contributed by atoms with Crippen LogP contribution in [-0.4, -0.2) is 38.5 Å². The molecular weight excluding hydrogens is 382 g/mol. The first-order valence-electron chi connectivity index (χ1n) is 8.64. The predicted molar refractivity (Wildman–Crippen MR) is 103 cm³/mol. The van der Waals surface area contributed by atoms with Crippen molar-refractivity contribution in [2.75, 3.05) is 6.61 Å². The molecule has 0 aromatic heterocycles. The van der Waals surface area contributed by atoms with Crippen LogP contribution in [0.25, 0.3) is 0 Å². The molecule has 0 unspecified atom stereocenters. The molecule has 9 heteroatoms. The lowest BCUT2D eigenvalue weighted by molar-refractivity contribution is -0.150. The lowest BCUT2D eigenvalue weighted by atomic mass is 10.0. The lowest BCUT2D eigenvalue weighted by Gasteiger charge is -2.21. The number of ether oxygens (including phenoxy) is 1. The smallest absolute Gasteiger partial charge is 0.324 e. The second-order valence-corrected chi connectivity index (χ2v) is 8.62. The highest BCUT2D eigenvalue weighted by Crippen LogP contribution is 2.17. The zero-order valence-electron chi connectivity index (χ0n) is 16.6. The quantitative estimate of drug-likeness (QED) is 0.474. The van der Waals surface area contributed by atoms with Crippen LogP contribution in [0.1, 0.15) is 31.9 Å². The highest BCUT2D eigenvalue weighted by atomic mass is 32.2. The van der Waals surface area contributed by atoms with Crippen molar-refractivity contribution in [3.05, 3.63) is 29.3 Å². The molecule has 0 radical (unpaired) electrons. The molecule has 152 valence electrons. The van der Waals surface area contributed by atoms with Gasteiger partial charge in [0.25, 0.3) is 0 Å². The fourth-order valence-corrected chi connectivity index (χ4v) is 3.72. The summed E-state index contributed by atoms with van der Waals surface area (Å²) in [7, 11) is -3.98. The van der Waals surface area contributed by atoms with Crippen molar-refractivity contribution in [2.24, 2.45) is 11.8 Å². The highest BCUT2D eigenvalue weighted by Gasteiger charge is 2.31. The summed E-state index contributed by atoms with van der Waals surface area (Å²) in [6.07, 6.45) is 0. The zero-order valence-corrected chi connectivity index (χ0v) is 17.4. The maximum absolute atomic E-state index is 12.6. The second-order valence-electron chi connectivity index (χ2n) is 6.91. The van der Waals surface area contributed by atoms with Gasteiger partial charge in [-0.05, 0) is 49.9 Å². The molecule has 8 nitrogen and oxygen atoms in total. The molecule has 1 rings (SSSR count). The number of sulfonamides is 1. The number of rotatable bonds is 9. The summed E-state index contributed by atoms with van der Waals surface area (Å²) in [5.41, 5.74) is 1.58. The average molecular weight is 407 g/mol. The molecule has 1 aromatic carbocycles. The van der Waals surface area contributed by atoms with Crippen molar-refractivity contribution in [3.63, 3.8) is 0 Å². The van der Waals surface area contributed by atoms with Crippen LogP contribution in [0.4, 0.5) is 0 Å². The fraction of sp³-hybridized carbons (Fsp3) is 0.474. The predicted octanol–water partition coefficient (Wildman–Crippen LogP) is 1.90. The summed E-state index contributed by atoms with van der Waals surface area (Å²) in [6.45, 7) is 7.51. The van der Waals surface area contributed by atoms with Gasteiger partial charge in [0.05, 0.1) is 11.0 Å². The molecule has 0 aliphatic heterocycles. The van der Waals surface area contributed by atoms with Gasteiger partial charge in [0.15, 0.2) is 12.4 Å². The maximum atomic E-state index is 12.6. The molecule has 0 heterocycles. The third-order valence-electron chi connectivity index (χ3n) is 4.23. The molecule has 0 spiro atoms. The van der Waals surface area contributed by atoms with Gasteiger partial charge >= 0.3 is 5.97 Å². The molecule has 2 N–H and O–H groups in total. The van der Waals surface area contributed by atoms with Gasteiger partial charge in [0.2, 0.25) is 10.0 Å². The van der Waals surface area contributed by atoms with E-state index in [1.54, 1.807) is 32.9 Å². The van der Waals surface area contributed by atoms with Crippen LogP contribution in [0.3, 0.4) is 0 Å². The summed E-state index contributed by atoms with van der Waals surface area (Å²) >= 11 is 0. The number of hydrogen-bond donors (Lipinski definition) is 2. The van der Waals surface area contributed by atoms with Gasteiger partial charge in [-0.1, -0.05) is 19.9 Å². The summed E-state index contributed by atoms with van der Waals surface area (Å²) in [6, 6.07) is 5.09. The summed E-state index contributed by atoms with van der Waals surface area (Å²) in [4.78, 5) is 24.3. The molecule has 2 atom stereocenters. The number of benzene rings is 1. The second kappa shape index (κ2) is 9.57. The molecule has 28 heavy (non-hydrogen) atoms. The molecule has 0 fully saturated rings. The van der Waals surface area contributed by atoms with E-state index in [1.807, 2.05) is 6.92 Å². The minimum Gasteiger partial charge on any atom is -0.456 e. The van der Waals surface area contributed by atoms with Crippen LogP contribution in [0.5, 0.6) is 0 Å². The molecule has 0 saturated heterocycles.